The van der Waals surface area contributed by atoms with E-state index in [2.05, 4.69) is 26.8 Å². The molecule has 0 heterocycles. The van der Waals surface area contributed by atoms with Crippen LogP contribution in [-0.2, 0) is 9.47 Å². The fraction of sp³-hybridized carbons (Fsp3) is 0.565. The highest BCUT2D eigenvalue weighted by atomic mass is 16.7. The molecule has 28 heavy (non-hydrogen) atoms. The summed E-state index contributed by atoms with van der Waals surface area (Å²) in [5.41, 5.74) is -0.0379. The molecule has 1 aromatic rings. The largest absolute Gasteiger partial charge is 0.497 e. The smallest absolute Gasteiger partial charge is 0.147 e. The molecule has 0 fully saturated rings. The first kappa shape index (κ1) is 22.5. The van der Waals surface area contributed by atoms with Crippen LogP contribution in [0, 0.1) is 11.8 Å². The van der Waals surface area contributed by atoms with E-state index >= 15 is 0 Å². The average molecular weight is 391 g/mol. The maximum Gasteiger partial charge on any atom is 0.147 e. The Kier molecular flexibility index (Phi) is 8.55. The Balaban J connectivity index is 2.11. The van der Waals surface area contributed by atoms with Crippen molar-refractivity contribution in [2.75, 3.05) is 27.6 Å². The van der Waals surface area contributed by atoms with Gasteiger partial charge in [0.15, 0.2) is 0 Å². The molecule has 3 atom stereocenters. The zero-order valence-electron chi connectivity index (χ0n) is 17.7. The molecule has 0 aromatic heterocycles. The van der Waals surface area contributed by atoms with Crippen molar-refractivity contribution in [3.05, 3.63) is 48.1 Å². The van der Waals surface area contributed by atoms with Crippen LogP contribution >= 0.6 is 0 Å². The second-order valence-corrected chi connectivity index (χ2v) is 7.75. The van der Waals surface area contributed by atoms with E-state index in [1.807, 2.05) is 30.3 Å². The maximum atomic E-state index is 11.4. The lowest BCUT2D eigenvalue weighted by Crippen LogP contribution is -2.44. The molecular formula is C23H34O5. The van der Waals surface area contributed by atoms with E-state index in [9.17, 15) is 5.11 Å². The second-order valence-electron chi connectivity index (χ2n) is 7.75. The summed E-state index contributed by atoms with van der Waals surface area (Å²) in [7, 11) is 3.22. The number of ether oxygens (including phenoxy) is 4. The Labute approximate surface area is 168 Å². The molecule has 0 bridgehead atoms. The molecule has 1 aliphatic carbocycles. The quantitative estimate of drug-likeness (QED) is 0.449. The van der Waals surface area contributed by atoms with Crippen molar-refractivity contribution in [3.8, 4) is 11.5 Å². The Bertz CT molecular complexity index is 649. The Morgan fingerprint density at radius 1 is 1.18 bits per heavy atom. The predicted molar refractivity (Wildman–Crippen MR) is 111 cm³/mol. The summed E-state index contributed by atoms with van der Waals surface area (Å²) in [6.07, 6.45) is 7.75. The van der Waals surface area contributed by atoms with Gasteiger partial charge in [0.1, 0.15) is 30.5 Å². The summed E-state index contributed by atoms with van der Waals surface area (Å²) in [6.45, 7) is 6.80. The van der Waals surface area contributed by atoms with Crippen molar-refractivity contribution in [1.82, 2.24) is 0 Å². The van der Waals surface area contributed by atoms with Crippen LogP contribution in [-0.4, -0.2) is 44.4 Å². The molecule has 0 amide bonds. The van der Waals surface area contributed by atoms with Crippen molar-refractivity contribution < 1.29 is 24.1 Å². The highest BCUT2D eigenvalue weighted by Crippen LogP contribution is 2.38. The second kappa shape index (κ2) is 10.6. The third-order valence-electron chi connectivity index (χ3n) is 5.05. The van der Waals surface area contributed by atoms with Crippen LogP contribution in [0.15, 0.2) is 48.1 Å². The minimum atomic E-state index is -1.14. The summed E-state index contributed by atoms with van der Waals surface area (Å²) < 4.78 is 21.9. The van der Waals surface area contributed by atoms with Gasteiger partial charge in [0, 0.05) is 13.0 Å². The molecule has 0 saturated carbocycles. The zero-order valence-corrected chi connectivity index (χ0v) is 17.7. The molecule has 0 spiro atoms. The van der Waals surface area contributed by atoms with Crippen molar-refractivity contribution in [2.24, 2.45) is 11.8 Å². The van der Waals surface area contributed by atoms with E-state index in [1.165, 1.54) is 0 Å². The molecule has 2 rings (SSSR count). The van der Waals surface area contributed by atoms with Gasteiger partial charge in [-0.25, -0.2) is 0 Å². The third kappa shape index (κ3) is 6.09. The van der Waals surface area contributed by atoms with Crippen LogP contribution in [0.3, 0.4) is 0 Å². The van der Waals surface area contributed by atoms with Gasteiger partial charge in [-0.3, -0.25) is 0 Å². The Hall–Kier alpha value is -1.82. The number of benzene rings is 1. The summed E-state index contributed by atoms with van der Waals surface area (Å²) in [5, 5.41) is 11.4. The standard InChI is InChI=1S/C23H34O5/c1-17(2)7-6-8-18(3)22-21(28-16-25-4)13-14-23(22,24)15-27-20-11-9-19(26-5)10-12-20/h8-14,17,21-22,24H,6-7,15-16H2,1-5H3/b18-8+/t21-,22+,23-/m1/s1. The van der Waals surface area contributed by atoms with Gasteiger partial charge in [-0.1, -0.05) is 37.6 Å². The molecular weight excluding hydrogens is 356 g/mol. The molecule has 1 N–H and O–H groups in total. The monoisotopic (exact) mass is 390 g/mol. The number of methoxy groups -OCH3 is 2. The van der Waals surface area contributed by atoms with Gasteiger partial charge in [-0.05, 0) is 49.9 Å². The maximum absolute atomic E-state index is 11.4. The molecule has 5 nitrogen and oxygen atoms in total. The molecule has 0 aliphatic heterocycles. The van der Waals surface area contributed by atoms with Gasteiger partial charge in [-0.2, -0.15) is 0 Å². The molecule has 1 aliphatic rings. The molecule has 5 heteroatoms. The molecule has 0 radical (unpaired) electrons. The summed E-state index contributed by atoms with van der Waals surface area (Å²) in [5.74, 6) is 1.88. The fourth-order valence-corrected chi connectivity index (χ4v) is 3.49. The molecule has 0 saturated heterocycles. The van der Waals surface area contributed by atoms with Gasteiger partial charge in [-0.15, -0.1) is 0 Å². The van der Waals surface area contributed by atoms with Crippen molar-refractivity contribution in [1.29, 1.82) is 0 Å². The topological polar surface area (TPSA) is 57.2 Å². The minimum Gasteiger partial charge on any atom is -0.497 e. The highest BCUT2D eigenvalue weighted by Gasteiger charge is 2.45. The Morgan fingerprint density at radius 3 is 2.46 bits per heavy atom. The first-order valence-corrected chi connectivity index (χ1v) is 9.85. The van der Waals surface area contributed by atoms with Gasteiger partial charge < -0.3 is 24.1 Å². The number of hydrogen-bond donors (Lipinski definition) is 1. The van der Waals surface area contributed by atoms with Crippen molar-refractivity contribution in [2.45, 2.75) is 45.3 Å². The van der Waals surface area contributed by atoms with Crippen LogP contribution in [0.5, 0.6) is 11.5 Å². The lowest BCUT2D eigenvalue weighted by molar-refractivity contribution is -0.0956. The van der Waals surface area contributed by atoms with Gasteiger partial charge in [0.25, 0.3) is 0 Å². The van der Waals surface area contributed by atoms with Crippen LogP contribution in [0.25, 0.3) is 0 Å². The lowest BCUT2D eigenvalue weighted by Gasteiger charge is -2.33. The van der Waals surface area contributed by atoms with Crippen molar-refractivity contribution >= 4 is 0 Å². The van der Waals surface area contributed by atoms with Crippen LogP contribution in [0.4, 0.5) is 0 Å². The van der Waals surface area contributed by atoms with Crippen LogP contribution in [0.2, 0.25) is 0 Å². The number of allylic oxidation sites excluding steroid dienone is 1. The third-order valence-corrected chi connectivity index (χ3v) is 5.05. The summed E-state index contributed by atoms with van der Waals surface area (Å²) in [6, 6.07) is 7.34. The van der Waals surface area contributed by atoms with E-state index < -0.39 is 5.60 Å². The van der Waals surface area contributed by atoms with E-state index in [0.717, 1.165) is 24.2 Å². The molecule has 0 unspecified atom stereocenters. The number of aliphatic hydroxyl groups is 1. The fourth-order valence-electron chi connectivity index (χ4n) is 3.49. The number of rotatable bonds is 11. The minimum absolute atomic E-state index is 0.142. The average Bonchev–Trinajstić information content (AvgIpc) is 3.01. The normalized spacial score (nSPS) is 24.8. The Morgan fingerprint density at radius 2 is 1.86 bits per heavy atom. The van der Waals surface area contributed by atoms with Crippen molar-refractivity contribution in [3.63, 3.8) is 0 Å². The van der Waals surface area contributed by atoms with Crippen LogP contribution < -0.4 is 9.47 Å². The van der Waals surface area contributed by atoms with Crippen LogP contribution in [0.1, 0.15) is 33.6 Å². The highest BCUT2D eigenvalue weighted by molar-refractivity contribution is 5.32. The predicted octanol–water partition coefficient (Wildman–Crippen LogP) is 4.36. The summed E-state index contributed by atoms with van der Waals surface area (Å²) in [4.78, 5) is 0. The van der Waals surface area contributed by atoms with Gasteiger partial charge in [0.2, 0.25) is 0 Å². The first-order valence-electron chi connectivity index (χ1n) is 9.85. The van der Waals surface area contributed by atoms with E-state index in [0.29, 0.717) is 11.7 Å². The van der Waals surface area contributed by atoms with Gasteiger partial charge in [0.05, 0.1) is 13.2 Å². The summed E-state index contributed by atoms with van der Waals surface area (Å²) >= 11 is 0. The molecule has 156 valence electrons. The number of hydrogen-bond acceptors (Lipinski definition) is 5. The molecule has 1 aromatic carbocycles. The lowest BCUT2D eigenvalue weighted by atomic mass is 9.83. The SMILES string of the molecule is COCO[C@@H]1C=C[C@@](O)(COc2ccc(OC)cc2)[C@H]1/C(C)=C/CCC(C)C. The van der Waals surface area contributed by atoms with E-state index in [1.54, 1.807) is 20.3 Å². The van der Waals surface area contributed by atoms with Gasteiger partial charge >= 0.3 is 0 Å². The van der Waals surface area contributed by atoms with E-state index in [-0.39, 0.29) is 25.4 Å². The van der Waals surface area contributed by atoms with E-state index in [4.69, 9.17) is 18.9 Å². The zero-order chi connectivity index (χ0) is 20.6. The first-order chi connectivity index (χ1) is 13.4.